The summed E-state index contributed by atoms with van der Waals surface area (Å²) >= 11 is 0. The normalized spacial score (nSPS) is 19.8. The highest BCUT2D eigenvalue weighted by Crippen LogP contribution is 2.26. The molecule has 1 aliphatic rings. The Morgan fingerprint density at radius 1 is 1.17 bits per heavy atom. The van der Waals surface area contributed by atoms with Gasteiger partial charge >= 0.3 is 0 Å². The quantitative estimate of drug-likeness (QED) is 0.787. The van der Waals surface area contributed by atoms with Crippen molar-refractivity contribution < 1.29 is 4.39 Å². The number of rotatable bonds is 2. The number of hydrogen-bond acceptors (Lipinski definition) is 1. The number of halogens is 1. The van der Waals surface area contributed by atoms with Gasteiger partial charge < -0.3 is 4.57 Å². The van der Waals surface area contributed by atoms with E-state index in [0.29, 0.717) is 6.04 Å². The summed E-state index contributed by atoms with van der Waals surface area (Å²) in [7, 11) is 0. The molecule has 0 bridgehead atoms. The smallest absolute Gasteiger partial charge is 0.123 e. The third kappa shape index (κ3) is 2.06. The van der Waals surface area contributed by atoms with Gasteiger partial charge in [0, 0.05) is 37.6 Å². The fourth-order valence-corrected chi connectivity index (χ4v) is 2.67. The molecule has 18 heavy (non-hydrogen) atoms. The van der Waals surface area contributed by atoms with Gasteiger partial charge in [0.15, 0.2) is 0 Å². The molecule has 0 unspecified atom stereocenters. The van der Waals surface area contributed by atoms with Crippen molar-refractivity contribution in [3.63, 3.8) is 0 Å². The van der Waals surface area contributed by atoms with Crippen molar-refractivity contribution in [3.05, 3.63) is 59.7 Å². The Hall–Kier alpha value is -1.61. The Bertz CT molecular complexity index is 530. The lowest BCUT2D eigenvalue weighted by molar-refractivity contribution is 0.161. The standard InChI is InChI=1S/C15H17FN2/c1-12-15-3-2-8-17(15)9-10-18(12)11-13-4-6-14(16)7-5-13/h2-8,12H,9-11H2,1H3/t12-/m0/s1. The maximum atomic E-state index is 12.9. The Balaban J connectivity index is 1.77. The molecule has 0 aliphatic carbocycles. The predicted octanol–water partition coefficient (Wildman–Crippen LogP) is 3.20. The highest BCUT2D eigenvalue weighted by molar-refractivity contribution is 5.18. The lowest BCUT2D eigenvalue weighted by Gasteiger charge is -2.34. The zero-order chi connectivity index (χ0) is 12.5. The van der Waals surface area contributed by atoms with Crippen LogP contribution in [-0.2, 0) is 13.1 Å². The molecule has 1 aliphatic heterocycles. The van der Waals surface area contributed by atoms with Crippen molar-refractivity contribution in [2.75, 3.05) is 6.54 Å². The van der Waals surface area contributed by atoms with Crippen LogP contribution in [0.5, 0.6) is 0 Å². The molecule has 0 saturated heterocycles. The fraction of sp³-hybridized carbons (Fsp3) is 0.333. The zero-order valence-corrected chi connectivity index (χ0v) is 10.5. The molecule has 3 rings (SSSR count). The summed E-state index contributed by atoms with van der Waals surface area (Å²) in [5, 5.41) is 0. The van der Waals surface area contributed by atoms with Crippen LogP contribution in [0.1, 0.15) is 24.2 Å². The van der Waals surface area contributed by atoms with Crippen LogP contribution in [0.2, 0.25) is 0 Å². The number of fused-ring (bicyclic) bond motifs is 1. The molecule has 1 atom stereocenters. The van der Waals surface area contributed by atoms with Gasteiger partial charge in [-0.2, -0.15) is 0 Å². The third-order valence-electron chi connectivity index (χ3n) is 3.77. The largest absolute Gasteiger partial charge is 0.349 e. The second-order valence-electron chi connectivity index (χ2n) is 4.90. The third-order valence-corrected chi connectivity index (χ3v) is 3.77. The average molecular weight is 244 g/mol. The van der Waals surface area contributed by atoms with Crippen molar-refractivity contribution in [2.45, 2.75) is 26.1 Å². The molecule has 0 radical (unpaired) electrons. The lowest BCUT2D eigenvalue weighted by atomic mass is 10.1. The van der Waals surface area contributed by atoms with Crippen molar-refractivity contribution in [3.8, 4) is 0 Å². The van der Waals surface area contributed by atoms with Crippen LogP contribution in [0.25, 0.3) is 0 Å². The van der Waals surface area contributed by atoms with Crippen molar-refractivity contribution in [2.24, 2.45) is 0 Å². The van der Waals surface area contributed by atoms with Crippen molar-refractivity contribution >= 4 is 0 Å². The van der Waals surface area contributed by atoms with Crippen molar-refractivity contribution in [1.29, 1.82) is 0 Å². The molecule has 1 aromatic carbocycles. The van der Waals surface area contributed by atoms with E-state index >= 15 is 0 Å². The van der Waals surface area contributed by atoms with E-state index in [1.165, 1.54) is 23.4 Å². The molecule has 3 heteroatoms. The zero-order valence-electron chi connectivity index (χ0n) is 10.5. The minimum atomic E-state index is -0.167. The summed E-state index contributed by atoms with van der Waals surface area (Å²) in [6, 6.07) is 11.5. The summed E-state index contributed by atoms with van der Waals surface area (Å²) in [6.07, 6.45) is 2.14. The molecule has 0 fully saturated rings. The predicted molar refractivity (Wildman–Crippen MR) is 69.7 cm³/mol. The summed E-state index contributed by atoms with van der Waals surface area (Å²) in [4.78, 5) is 2.43. The Morgan fingerprint density at radius 3 is 2.72 bits per heavy atom. The SMILES string of the molecule is C[C@H]1c2cccn2CCN1Cc1ccc(F)cc1. The molecule has 2 aromatic rings. The number of benzene rings is 1. The molecule has 1 aromatic heterocycles. The van der Waals surface area contributed by atoms with Gasteiger partial charge in [-0.3, -0.25) is 4.90 Å². The van der Waals surface area contributed by atoms with E-state index in [-0.39, 0.29) is 5.82 Å². The van der Waals surface area contributed by atoms with Crippen LogP contribution in [0.3, 0.4) is 0 Å². The van der Waals surface area contributed by atoms with Crippen LogP contribution in [0.4, 0.5) is 4.39 Å². The molecule has 2 heterocycles. The van der Waals surface area contributed by atoms with E-state index in [4.69, 9.17) is 0 Å². The maximum Gasteiger partial charge on any atom is 0.123 e. The first-order chi connectivity index (χ1) is 8.74. The van der Waals surface area contributed by atoms with E-state index in [2.05, 4.69) is 34.7 Å². The van der Waals surface area contributed by atoms with Gasteiger partial charge in [0.25, 0.3) is 0 Å². The van der Waals surface area contributed by atoms with Crippen molar-refractivity contribution in [1.82, 2.24) is 9.47 Å². The monoisotopic (exact) mass is 244 g/mol. The average Bonchev–Trinajstić information content (AvgIpc) is 2.84. The van der Waals surface area contributed by atoms with Gasteiger partial charge in [-0.05, 0) is 36.8 Å². The molecular formula is C15H17FN2. The highest BCUT2D eigenvalue weighted by Gasteiger charge is 2.23. The Kier molecular flexibility index (Phi) is 2.92. The lowest BCUT2D eigenvalue weighted by Crippen LogP contribution is -2.35. The van der Waals surface area contributed by atoms with Gasteiger partial charge in [-0.15, -0.1) is 0 Å². The summed E-state index contributed by atoms with van der Waals surface area (Å²) in [5.41, 5.74) is 2.53. The van der Waals surface area contributed by atoms with E-state index < -0.39 is 0 Å². The first kappa shape index (κ1) is 11.5. The molecular weight excluding hydrogens is 227 g/mol. The minimum absolute atomic E-state index is 0.167. The first-order valence-electron chi connectivity index (χ1n) is 6.37. The number of hydrogen-bond donors (Lipinski definition) is 0. The van der Waals surface area contributed by atoms with Gasteiger partial charge in [0.05, 0.1) is 0 Å². The van der Waals surface area contributed by atoms with Gasteiger partial charge in [0.2, 0.25) is 0 Å². The topological polar surface area (TPSA) is 8.17 Å². The van der Waals surface area contributed by atoms with Gasteiger partial charge in [-0.25, -0.2) is 4.39 Å². The Labute approximate surface area is 107 Å². The summed E-state index contributed by atoms with van der Waals surface area (Å²) in [5.74, 6) is -0.167. The van der Waals surface area contributed by atoms with E-state index in [9.17, 15) is 4.39 Å². The van der Waals surface area contributed by atoms with Crippen LogP contribution >= 0.6 is 0 Å². The van der Waals surface area contributed by atoms with Gasteiger partial charge in [-0.1, -0.05) is 12.1 Å². The second kappa shape index (κ2) is 4.58. The summed E-state index contributed by atoms with van der Waals surface area (Å²) < 4.78 is 15.2. The number of nitrogens with zero attached hydrogens (tertiary/aromatic N) is 2. The van der Waals surface area contributed by atoms with E-state index in [1.807, 2.05) is 12.1 Å². The van der Waals surface area contributed by atoms with Crippen LogP contribution < -0.4 is 0 Å². The van der Waals surface area contributed by atoms with E-state index in [0.717, 1.165) is 19.6 Å². The number of aromatic nitrogens is 1. The molecule has 2 nitrogen and oxygen atoms in total. The van der Waals surface area contributed by atoms with Gasteiger partial charge in [0.1, 0.15) is 5.82 Å². The first-order valence-corrected chi connectivity index (χ1v) is 6.37. The van der Waals surface area contributed by atoms with E-state index in [1.54, 1.807) is 0 Å². The maximum absolute atomic E-state index is 12.9. The molecule has 94 valence electrons. The Morgan fingerprint density at radius 2 is 1.94 bits per heavy atom. The van der Waals surface area contributed by atoms with Crippen LogP contribution in [0.15, 0.2) is 42.6 Å². The molecule has 0 amide bonds. The molecule has 0 spiro atoms. The highest BCUT2D eigenvalue weighted by atomic mass is 19.1. The summed E-state index contributed by atoms with van der Waals surface area (Å²) in [6.45, 7) is 5.19. The fourth-order valence-electron chi connectivity index (χ4n) is 2.67. The van der Waals surface area contributed by atoms with Crippen LogP contribution in [0, 0.1) is 5.82 Å². The molecule has 0 saturated carbocycles. The second-order valence-corrected chi connectivity index (χ2v) is 4.90. The molecule has 0 N–H and O–H groups in total. The van der Waals surface area contributed by atoms with Crippen LogP contribution in [-0.4, -0.2) is 16.0 Å². The minimum Gasteiger partial charge on any atom is -0.349 e.